The van der Waals surface area contributed by atoms with Crippen LogP contribution in [0.15, 0.2) is 48.8 Å². The van der Waals surface area contributed by atoms with Gasteiger partial charge in [-0.15, -0.1) is 5.10 Å². The van der Waals surface area contributed by atoms with Gasteiger partial charge in [-0.3, -0.25) is 4.79 Å². The second kappa shape index (κ2) is 7.42. The minimum absolute atomic E-state index is 0.150. The number of rotatable bonds is 5. The molecule has 0 aliphatic rings. The van der Waals surface area contributed by atoms with Crippen LogP contribution < -0.4 is 5.32 Å². The molecule has 1 N–H and O–H groups in total. The third-order valence-electron chi connectivity index (χ3n) is 3.44. The predicted molar refractivity (Wildman–Crippen MR) is 91.7 cm³/mol. The summed E-state index contributed by atoms with van der Waals surface area (Å²) in [5, 5.41) is 15.0. The Morgan fingerprint density at radius 3 is 2.58 bits per heavy atom. The summed E-state index contributed by atoms with van der Waals surface area (Å²) in [6.45, 7) is 0.481. The molecule has 0 spiro atoms. The fourth-order valence-corrected chi connectivity index (χ4v) is 2.69. The summed E-state index contributed by atoms with van der Waals surface area (Å²) >= 11 is 12.0. The van der Waals surface area contributed by atoms with Crippen LogP contribution in [0.3, 0.4) is 0 Å². The van der Waals surface area contributed by atoms with Crippen LogP contribution in [0.25, 0.3) is 5.69 Å². The van der Waals surface area contributed by atoms with Gasteiger partial charge >= 0.3 is 0 Å². The number of hydrogen-bond donors (Lipinski definition) is 1. The highest BCUT2D eigenvalue weighted by Gasteiger charge is 2.07. The van der Waals surface area contributed by atoms with Crippen molar-refractivity contribution in [3.63, 3.8) is 0 Å². The summed E-state index contributed by atoms with van der Waals surface area (Å²) in [4.78, 5) is 12.2. The highest BCUT2D eigenvalue weighted by molar-refractivity contribution is 6.35. The fourth-order valence-electron chi connectivity index (χ4n) is 2.18. The zero-order valence-electron chi connectivity index (χ0n) is 12.5. The lowest BCUT2D eigenvalue weighted by Crippen LogP contribution is -2.25. The van der Waals surface area contributed by atoms with Gasteiger partial charge in [0.25, 0.3) is 5.91 Å². The summed E-state index contributed by atoms with van der Waals surface area (Å²) in [6, 6.07) is 12.3. The Morgan fingerprint density at radius 2 is 1.92 bits per heavy atom. The maximum Gasteiger partial charge on any atom is 0.251 e. The second-order valence-corrected chi connectivity index (χ2v) is 5.89. The van der Waals surface area contributed by atoms with E-state index in [0.717, 1.165) is 11.3 Å². The molecule has 3 aromatic rings. The first-order valence-corrected chi connectivity index (χ1v) is 7.94. The van der Waals surface area contributed by atoms with Gasteiger partial charge in [0.05, 0.1) is 5.69 Å². The van der Waals surface area contributed by atoms with Crippen LogP contribution in [0.2, 0.25) is 10.0 Å². The summed E-state index contributed by atoms with van der Waals surface area (Å²) in [6.07, 6.45) is 2.12. The molecule has 0 radical (unpaired) electrons. The zero-order valence-corrected chi connectivity index (χ0v) is 14.0. The van der Waals surface area contributed by atoms with E-state index in [2.05, 4.69) is 20.8 Å². The molecule has 0 aliphatic carbocycles. The molecule has 0 saturated carbocycles. The predicted octanol–water partition coefficient (Wildman–Crippen LogP) is 2.94. The Bertz CT molecular complexity index is 834. The van der Waals surface area contributed by atoms with Gasteiger partial charge in [0.15, 0.2) is 0 Å². The van der Waals surface area contributed by atoms with Crippen molar-refractivity contribution in [1.82, 2.24) is 25.5 Å². The number of carbonyl (C=O) groups excluding carboxylic acids is 1. The molecule has 122 valence electrons. The molecule has 8 heteroatoms. The average molecular weight is 362 g/mol. The van der Waals surface area contributed by atoms with Gasteiger partial charge in [0.1, 0.15) is 6.33 Å². The molecule has 0 fully saturated rings. The molecule has 1 heterocycles. The molecule has 0 aliphatic heterocycles. The fraction of sp³-hybridized carbons (Fsp3) is 0.125. The normalized spacial score (nSPS) is 10.6. The molecule has 6 nitrogen and oxygen atoms in total. The minimum atomic E-state index is -0.150. The average Bonchev–Trinajstić information content (AvgIpc) is 3.11. The largest absolute Gasteiger partial charge is 0.352 e. The van der Waals surface area contributed by atoms with Crippen molar-refractivity contribution < 1.29 is 4.79 Å². The molecule has 0 atom stereocenters. The standard InChI is InChI=1S/C16H13Cl2N5O/c17-13-4-1-11(15(18)9-13)7-8-19-16(24)12-2-5-14(6-3-12)23-10-20-21-22-23/h1-6,9-10H,7-8H2,(H,19,24). The molecule has 0 unspecified atom stereocenters. The van der Waals surface area contributed by atoms with Gasteiger partial charge < -0.3 is 5.32 Å². The van der Waals surface area contributed by atoms with E-state index in [0.29, 0.717) is 28.6 Å². The smallest absolute Gasteiger partial charge is 0.251 e. The third kappa shape index (κ3) is 3.90. The highest BCUT2D eigenvalue weighted by atomic mass is 35.5. The molecule has 2 aromatic carbocycles. The maximum atomic E-state index is 12.2. The molecular weight excluding hydrogens is 349 g/mol. The van der Waals surface area contributed by atoms with Crippen LogP contribution in [0.4, 0.5) is 0 Å². The van der Waals surface area contributed by atoms with Crippen LogP contribution in [0.1, 0.15) is 15.9 Å². The number of aromatic nitrogens is 4. The van der Waals surface area contributed by atoms with Crippen molar-refractivity contribution in [3.05, 3.63) is 70.0 Å². The highest BCUT2D eigenvalue weighted by Crippen LogP contribution is 2.21. The van der Waals surface area contributed by atoms with Gasteiger partial charge in [-0.05, 0) is 58.8 Å². The van der Waals surface area contributed by atoms with Gasteiger partial charge in [0, 0.05) is 22.2 Å². The Morgan fingerprint density at radius 1 is 1.12 bits per heavy atom. The quantitative estimate of drug-likeness (QED) is 0.758. The first-order valence-electron chi connectivity index (χ1n) is 7.19. The van der Waals surface area contributed by atoms with Gasteiger partial charge in [-0.1, -0.05) is 29.3 Å². The molecule has 1 amide bonds. The summed E-state index contributed by atoms with van der Waals surface area (Å²) < 4.78 is 1.52. The summed E-state index contributed by atoms with van der Waals surface area (Å²) in [5.41, 5.74) is 2.29. The number of nitrogens with one attached hydrogen (secondary N) is 1. The van der Waals surface area contributed by atoms with Crippen molar-refractivity contribution in [2.24, 2.45) is 0 Å². The van der Waals surface area contributed by atoms with E-state index in [-0.39, 0.29) is 5.91 Å². The van der Waals surface area contributed by atoms with Crippen LogP contribution in [0.5, 0.6) is 0 Å². The Kier molecular flexibility index (Phi) is 5.08. The third-order valence-corrected chi connectivity index (χ3v) is 4.03. The molecule has 0 saturated heterocycles. The maximum absolute atomic E-state index is 12.2. The SMILES string of the molecule is O=C(NCCc1ccc(Cl)cc1Cl)c1ccc(-n2cnnn2)cc1. The van der Waals surface area contributed by atoms with Crippen LogP contribution in [-0.2, 0) is 6.42 Å². The molecule has 24 heavy (non-hydrogen) atoms. The van der Waals surface area contributed by atoms with Crippen LogP contribution >= 0.6 is 23.2 Å². The van der Waals surface area contributed by atoms with Crippen molar-refractivity contribution >= 4 is 29.1 Å². The lowest BCUT2D eigenvalue weighted by atomic mass is 10.1. The number of benzene rings is 2. The van der Waals surface area contributed by atoms with E-state index in [4.69, 9.17) is 23.2 Å². The summed E-state index contributed by atoms with van der Waals surface area (Å²) in [5.74, 6) is -0.150. The zero-order chi connectivity index (χ0) is 16.9. The van der Waals surface area contributed by atoms with Gasteiger partial charge in [-0.2, -0.15) is 0 Å². The van der Waals surface area contributed by atoms with Crippen molar-refractivity contribution in [2.75, 3.05) is 6.54 Å². The Balaban J connectivity index is 1.57. The van der Waals surface area contributed by atoms with Crippen LogP contribution in [0, 0.1) is 0 Å². The van der Waals surface area contributed by atoms with E-state index >= 15 is 0 Å². The second-order valence-electron chi connectivity index (χ2n) is 5.04. The Hall–Kier alpha value is -2.44. The number of halogens is 2. The van der Waals surface area contributed by atoms with Crippen molar-refractivity contribution in [1.29, 1.82) is 0 Å². The lowest BCUT2D eigenvalue weighted by Gasteiger charge is -2.08. The lowest BCUT2D eigenvalue weighted by molar-refractivity contribution is 0.0954. The molecule has 1 aromatic heterocycles. The first-order chi connectivity index (χ1) is 11.6. The summed E-state index contributed by atoms with van der Waals surface area (Å²) in [7, 11) is 0. The number of hydrogen-bond acceptors (Lipinski definition) is 4. The number of nitrogens with zero attached hydrogens (tertiary/aromatic N) is 4. The first kappa shape index (κ1) is 16.4. The Labute approximate surface area is 148 Å². The van der Waals surface area contributed by atoms with E-state index < -0.39 is 0 Å². The topological polar surface area (TPSA) is 72.7 Å². The number of carbonyl (C=O) groups is 1. The number of tetrazole rings is 1. The molecule has 3 rings (SSSR count). The van der Waals surface area contributed by atoms with Crippen LogP contribution in [-0.4, -0.2) is 32.7 Å². The van der Waals surface area contributed by atoms with Crippen molar-refractivity contribution in [2.45, 2.75) is 6.42 Å². The van der Waals surface area contributed by atoms with Gasteiger partial charge in [-0.25, -0.2) is 4.68 Å². The van der Waals surface area contributed by atoms with E-state index in [1.54, 1.807) is 36.4 Å². The monoisotopic (exact) mass is 361 g/mol. The van der Waals surface area contributed by atoms with Crippen molar-refractivity contribution in [3.8, 4) is 5.69 Å². The molecule has 0 bridgehead atoms. The van der Waals surface area contributed by atoms with E-state index in [1.165, 1.54) is 11.0 Å². The van der Waals surface area contributed by atoms with E-state index in [9.17, 15) is 4.79 Å². The van der Waals surface area contributed by atoms with Gasteiger partial charge in [0.2, 0.25) is 0 Å². The number of amides is 1. The molecular formula is C16H13Cl2N5O. The minimum Gasteiger partial charge on any atom is -0.352 e. The van der Waals surface area contributed by atoms with E-state index in [1.807, 2.05) is 6.07 Å².